The van der Waals surface area contributed by atoms with Crippen LogP contribution >= 0.6 is 12.4 Å². The zero-order valence-corrected chi connectivity index (χ0v) is 11.0. The number of hydrogen-bond donors (Lipinski definition) is 1. The van der Waals surface area contributed by atoms with Crippen molar-refractivity contribution in [2.75, 3.05) is 12.3 Å². The fourth-order valence-electron chi connectivity index (χ4n) is 3.14. The molecule has 0 bridgehead atoms. The average Bonchev–Trinajstić information content (AvgIpc) is 2.50. The number of halogens is 1. The zero-order chi connectivity index (χ0) is 11.0. The number of nitrogens with two attached hydrogens (primary N) is 1. The highest BCUT2D eigenvalue weighted by molar-refractivity contribution is 5.85. The van der Waals surface area contributed by atoms with E-state index in [-0.39, 0.29) is 12.4 Å². The van der Waals surface area contributed by atoms with Gasteiger partial charge < -0.3 is 5.73 Å². The van der Waals surface area contributed by atoms with E-state index in [0.29, 0.717) is 0 Å². The standard InChI is InChI=1S/C14H20N2.ClH/c15-13-6-5-11-9-14-4-2-1-3-7-16(14)10-12(11)8-13;/h5-6,8,14H,1-4,7,9-10,15H2;1H. The number of nitrogen functional groups attached to an aromatic ring is 1. The second-order valence-corrected chi connectivity index (χ2v) is 5.21. The van der Waals surface area contributed by atoms with Crippen LogP contribution in [0.25, 0.3) is 0 Å². The third kappa shape index (κ3) is 2.58. The molecule has 1 unspecified atom stereocenters. The van der Waals surface area contributed by atoms with E-state index in [1.54, 1.807) is 0 Å². The number of rotatable bonds is 0. The Morgan fingerprint density at radius 2 is 2.00 bits per heavy atom. The van der Waals surface area contributed by atoms with Gasteiger partial charge in [-0.3, -0.25) is 4.90 Å². The molecule has 1 fully saturated rings. The first-order chi connectivity index (χ1) is 7.83. The molecular formula is C14H21ClN2. The first-order valence-corrected chi connectivity index (χ1v) is 6.44. The minimum absolute atomic E-state index is 0. The molecule has 1 aromatic rings. The van der Waals surface area contributed by atoms with Crippen molar-refractivity contribution in [3.05, 3.63) is 29.3 Å². The summed E-state index contributed by atoms with van der Waals surface area (Å²) in [6.45, 7) is 2.39. The number of nitrogens with zero attached hydrogens (tertiary/aromatic N) is 1. The molecule has 0 spiro atoms. The van der Waals surface area contributed by atoms with Crippen LogP contribution in [0.1, 0.15) is 36.8 Å². The van der Waals surface area contributed by atoms with Crippen molar-refractivity contribution in [1.29, 1.82) is 0 Å². The first kappa shape index (κ1) is 12.7. The highest BCUT2D eigenvalue weighted by Crippen LogP contribution is 2.29. The molecular weight excluding hydrogens is 232 g/mol. The Kier molecular flexibility index (Phi) is 3.95. The lowest BCUT2D eigenvalue weighted by atomic mass is 9.92. The summed E-state index contributed by atoms with van der Waals surface area (Å²) in [5.41, 5.74) is 9.75. The van der Waals surface area contributed by atoms with Crippen molar-refractivity contribution in [2.24, 2.45) is 0 Å². The van der Waals surface area contributed by atoms with E-state index < -0.39 is 0 Å². The Hall–Kier alpha value is -0.730. The van der Waals surface area contributed by atoms with Gasteiger partial charge in [0.25, 0.3) is 0 Å². The van der Waals surface area contributed by atoms with Crippen LogP contribution in [0.15, 0.2) is 18.2 Å². The number of hydrogen-bond acceptors (Lipinski definition) is 2. The fraction of sp³-hybridized carbons (Fsp3) is 0.571. The van der Waals surface area contributed by atoms with Gasteiger partial charge >= 0.3 is 0 Å². The monoisotopic (exact) mass is 252 g/mol. The van der Waals surface area contributed by atoms with Gasteiger partial charge in [-0.05, 0) is 49.1 Å². The maximum Gasteiger partial charge on any atom is 0.0317 e. The van der Waals surface area contributed by atoms with Crippen LogP contribution in [0, 0.1) is 0 Å². The minimum atomic E-state index is 0. The molecule has 0 aromatic heterocycles. The molecule has 2 nitrogen and oxygen atoms in total. The summed E-state index contributed by atoms with van der Waals surface area (Å²) in [7, 11) is 0. The lowest BCUT2D eigenvalue weighted by molar-refractivity contribution is 0.175. The van der Waals surface area contributed by atoms with Crippen molar-refractivity contribution >= 4 is 18.1 Å². The predicted octanol–water partition coefficient (Wildman–Crippen LogP) is 2.99. The maximum absolute atomic E-state index is 5.86. The molecule has 1 saturated heterocycles. The molecule has 0 aliphatic carbocycles. The van der Waals surface area contributed by atoms with Gasteiger partial charge in [0, 0.05) is 18.3 Å². The Morgan fingerprint density at radius 3 is 2.88 bits per heavy atom. The average molecular weight is 253 g/mol. The molecule has 2 N–H and O–H groups in total. The van der Waals surface area contributed by atoms with Gasteiger partial charge in [0.1, 0.15) is 0 Å². The van der Waals surface area contributed by atoms with E-state index in [0.717, 1.165) is 18.3 Å². The first-order valence-electron chi connectivity index (χ1n) is 6.44. The van der Waals surface area contributed by atoms with Crippen LogP contribution in [0.5, 0.6) is 0 Å². The van der Waals surface area contributed by atoms with Crippen LogP contribution in [-0.4, -0.2) is 17.5 Å². The lowest BCUT2D eigenvalue weighted by Gasteiger charge is -2.35. The number of benzene rings is 1. The Bertz CT molecular complexity index is 392. The third-order valence-electron chi connectivity index (χ3n) is 4.06. The van der Waals surface area contributed by atoms with Gasteiger partial charge in [-0.1, -0.05) is 18.9 Å². The fourth-order valence-corrected chi connectivity index (χ4v) is 3.14. The predicted molar refractivity (Wildman–Crippen MR) is 74.5 cm³/mol. The van der Waals surface area contributed by atoms with Gasteiger partial charge in [0.2, 0.25) is 0 Å². The summed E-state index contributed by atoms with van der Waals surface area (Å²) in [4.78, 5) is 2.66. The van der Waals surface area contributed by atoms with Crippen LogP contribution < -0.4 is 5.73 Å². The molecule has 2 aliphatic rings. The molecule has 0 radical (unpaired) electrons. The summed E-state index contributed by atoms with van der Waals surface area (Å²) in [6, 6.07) is 7.23. The van der Waals surface area contributed by atoms with E-state index in [1.807, 2.05) is 6.07 Å². The van der Waals surface area contributed by atoms with E-state index in [2.05, 4.69) is 17.0 Å². The largest absolute Gasteiger partial charge is 0.399 e. The van der Waals surface area contributed by atoms with Gasteiger partial charge in [-0.15, -0.1) is 12.4 Å². The normalized spacial score (nSPS) is 24.1. The van der Waals surface area contributed by atoms with Crippen molar-refractivity contribution in [1.82, 2.24) is 4.90 Å². The molecule has 3 rings (SSSR count). The molecule has 17 heavy (non-hydrogen) atoms. The number of fused-ring (bicyclic) bond motifs is 2. The Balaban J connectivity index is 0.00000108. The zero-order valence-electron chi connectivity index (χ0n) is 10.2. The third-order valence-corrected chi connectivity index (χ3v) is 4.06. The van der Waals surface area contributed by atoms with Crippen LogP contribution in [0.4, 0.5) is 5.69 Å². The van der Waals surface area contributed by atoms with Gasteiger partial charge in [0.05, 0.1) is 0 Å². The van der Waals surface area contributed by atoms with Crippen molar-refractivity contribution in [3.63, 3.8) is 0 Å². The van der Waals surface area contributed by atoms with E-state index in [9.17, 15) is 0 Å². The SMILES string of the molecule is Cl.Nc1ccc2c(c1)CN1CCCCCC1C2. The molecule has 1 atom stereocenters. The molecule has 0 saturated carbocycles. The topological polar surface area (TPSA) is 29.3 Å². The van der Waals surface area contributed by atoms with Crippen molar-refractivity contribution in [2.45, 2.75) is 44.7 Å². The smallest absolute Gasteiger partial charge is 0.0317 e. The van der Waals surface area contributed by atoms with Gasteiger partial charge in [-0.2, -0.15) is 0 Å². The lowest BCUT2D eigenvalue weighted by Crippen LogP contribution is -2.39. The summed E-state index contributed by atoms with van der Waals surface area (Å²) in [6.07, 6.45) is 6.80. The van der Waals surface area contributed by atoms with Crippen LogP contribution in [0.3, 0.4) is 0 Å². The van der Waals surface area contributed by atoms with E-state index in [4.69, 9.17) is 5.73 Å². The van der Waals surface area contributed by atoms with Gasteiger partial charge in [-0.25, -0.2) is 0 Å². The Labute approximate surface area is 110 Å². The van der Waals surface area contributed by atoms with Crippen molar-refractivity contribution < 1.29 is 0 Å². The van der Waals surface area contributed by atoms with E-state index >= 15 is 0 Å². The van der Waals surface area contributed by atoms with Crippen LogP contribution in [0.2, 0.25) is 0 Å². The second kappa shape index (κ2) is 5.28. The van der Waals surface area contributed by atoms with E-state index in [1.165, 1.54) is 49.8 Å². The summed E-state index contributed by atoms with van der Waals surface area (Å²) < 4.78 is 0. The number of anilines is 1. The summed E-state index contributed by atoms with van der Waals surface area (Å²) >= 11 is 0. The summed E-state index contributed by atoms with van der Waals surface area (Å²) in [5.74, 6) is 0. The Morgan fingerprint density at radius 1 is 1.12 bits per heavy atom. The maximum atomic E-state index is 5.86. The van der Waals surface area contributed by atoms with Gasteiger partial charge in [0.15, 0.2) is 0 Å². The molecule has 1 aromatic carbocycles. The summed E-state index contributed by atoms with van der Waals surface area (Å²) in [5, 5.41) is 0. The quantitative estimate of drug-likeness (QED) is 0.720. The highest BCUT2D eigenvalue weighted by Gasteiger charge is 2.26. The molecule has 0 amide bonds. The highest BCUT2D eigenvalue weighted by atomic mass is 35.5. The molecule has 94 valence electrons. The van der Waals surface area contributed by atoms with Crippen LogP contribution in [-0.2, 0) is 13.0 Å². The minimum Gasteiger partial charge on any atom is -0.399 e. The molecule has 3 heteroatoms. The second-order valence-electron chi connectivity index (χ2n) is 5.21. The molecule has 2 aliphatic heterocycles. The molecule has 2 heterocycles. The van der Waals surface area contributed by atoms with Crippen molar-refractivity contribution in [3.8, 4) is 0 Å².